The van der Waals surface area contributed by atoms with Gasteiger partial charge in [0.2, 0.25) is 12.3 Å². The van der Waals surface area contributed by atoms with Gasteiger partial charge in [-0.3, -0.25) is 0 Å². The van der Waals surface area contributed by atoms with Crippen molar-refractivity contribution in [1.82, 2.24) is 10.2 Å². The highest BCUT2D eigenvalue weighted by Crippen LogP contribution is 2.35. The number of aromatic nitrogens is 2. The molecule has 2 aromatic rings. The van der Waals surface area contributed by atoms with E-state index in [9.17, 15) is 0 Å². The van der Waals surface area contributed by atoms with Crippen LogP contribution < -0.4 is 5.32 Å². The molecule has 1 N–H and O–H groups in total. The SMILES string of the molecule is Cc1ccc(-c2nnco2)cc1NC1CSCC(C)(C)C1. The molecule has 0 aliphatic carbocycles. The highest BCUT2D eigenvalue weighted by atomic mass is 32.2. The lowest BCUT2D eigenvalue weighted by molar-refractivity contribution is 0.358. The van der Waals surface area contributed by atoms with Gasteiger partial charge in [-0.1, -0.05) is 19.9 Å². The van der Waals surface area contributed by atoms with Crippen molar-refractivity contribution >= 4 is 17.4 Å². The van der Waals surface area contributed by atoms with E-state index < -0.39 is 0 Å². The van der Waals surface area contributed by atoms with E-state index in [1.807, 2.05) is 17.8 Å². The smallest absolute Gasteiger partial charge is 0.247 e. The molecule has 0 bridgehead atoms. The van der Waals surface area contributed by atoms with Crippen LogP contribution in [-0.4, -0.2) is 27.7 Å². The monoisotopic (exact) mass is 303 g/mol. The average Bonchev–Trinajstić information content (AvgIpc) is 2.94. The molecule has 21 heavy (non-hydrogen) atoms. The van der Waals surface area contributed by atoms with E-state index in [2.05, 4.69) is 48.4 Å². The molecule has 0 radical (unpaired) electrons. The van der Waals surface area contributed by atoms with Crippen molar-refractivity contribution < 1.29 is 4.42 Å². The van der Waals surface area contributed by atoms with Gasteiger partial charge in [0, 0.05) is 23.0 Å². The molecule has 2 heterocycles. The summed E-state index contributed by atoms with van der Waals surface area (Å²) in [5, 5.41) is 11.4. The van der Waals surface area contributed by atoms with Crippen LogP contribution in [0.2, 0.25) is 0 Å². The van der Waals surface area contributed by atoms with Gasteiger partial charge < -0.3 is 9.73 Å². The van der Waals surface area contributed by atoms with E-state index >= 15 is 0 Å². The van der Waals surface area contributed by atoms with Gasteiger partial charge in [0.25, 0.3) is 0 Å². The maximum Gasteiger partial charge on any atom is 0.247 e. The van der Waals surface area contributed by atoms with Crippen LogP contribution in [0.25, 0.3) is 11.5 Å². The highest BCUT2D eigenvalue weighted by molar-refractivity contribution is 7.99. The van der Waals surface area contributed by atoms with Crippen molar-refractivity contribution in [3.05, 3.63) is 30.2 Å². The third-order valence-corrected chi connectivity index (χ3v) is 5.44. The maximum atomic E-state index is 5.28. The number of nitrogens with zero attached hydrogens (tertiary/aromatic N) is 2. The Morgan fingerprint density at radius 3 is 2.95 bits per heavy atom. The van der Waals surface area contributed by atoms with Crippen LogP contribution in [0, 0.1) is 12.3 Å². The van der Waals surface area contributed by atoms with Gasteiger partial charge in [-0.15, -0.1) is 10.2 Å². The molecule has 1 aromatic heterocycles. The third-order valence-electron chi connectivity index (χ3n) is 3.82. The molecule has 1 aliphatic rings. The molecule has 112 valence electrons. The van der Waals surface area contributed by atoms with Crippen LogP contribution in [0.1, 0.15) is 25.8 Å². The van der Waals surface area contributed by atoms with Crippen molar-refractivity contribution in [2.24, 2.45) is 5.41 Å². The van der Waals surface area contributed by atoms with Crippen molar-refractivity contribution in [1.29, 1.82) is 0 Å². The normalized spacial score (nSPS) is 21.2. The summed E-state index contributed by atoms with van der Waals surface area (Å²) in [7, 11) is 0. The first kappa shape index (κ1) is 14.4. The lowest BCUT2D eigenvalue weighted by Gasteiger charge is -2.35. The standard InChI is InChI=1S/C16H21N3OS/c1-11-4-5-12(15-19-17-10-20-15)6-14(11)18-13-7-16(2,3)9-21-8-13/h4-6,10,13,18H,7-9H2,1-3H3. The van der Waals surface area contributed by atoms with Gasteiger partial charge in [-0.05, 0) is 42.2 Å². The zero-order valence-electron chi connectivity index (χ0n) is 12.7. The topological polar surface area (TPSA) is 51.0 Å². The number of hydrogen-bond acceptors (Lipinski definition) is 5. The second-order valence-corrected chi connectivity index (χ2v) is 7.53. The molecule has 1 atom stereocenters. The third kappa shape index (κ3) is 3.40. The minimum atomic E-state index is 0.401. The van der Waals surface area contributed by atoms with Gasteiger partial charge in [0.05, 0.1) is 0 Å². The van der Waals surface area contributed by atoms with Crippen LogP contribution in [0.4, 0.5) is 5.69 Å². The minimum Gasteiger partial charge on any atom is -0.423 e. The van der Waals surface area contributed by atoms with Crippen molar-refractivity contribution in [2.75, 3.05) is 16.8 Å². The summed E-state index contributed by atoms with van der Waals surface area (Å²) in [4.78, 5) is 0. The number of nitrogens with one attached hydrogen (secondary N) is 1. The Hall–Kier alpha value is -1.49. The van der Waals surface area contributed by atoms with Crippen LogP contribution in [0.5, 0.6) is 0 Å². The molecule has 0 saturated carbocycles. The van der Waals surface area contributed by atoms with E-state index in [1.54, 1.807) is 0 Å². The molecule has 1 unspecified atom stereocenters. The Balaban J connectivity index is 1.80. The fraction of sp³-hybridized carbons (Fsp3) is 0.500. The number of aryl methyl sites for hydroxylation is 1. The first-order chi connectivity index (χ1) is 10.0. The molecule has 1 aromatic carbocycles. The molecule has 1 fully saturated rings. The lowest BCUT2D eigenvalue weighted by atomic mass is 9.87. The molecule has 5 heteroatoms. The largest absolute Gasteiger partial charge is 0.423 e. The van der Waals surface area contributed by atoms with Crippen LogP contribution in [0.3, 0.4) is 0 Å². The quantitative estimate of drug-likeness (QED) is 0.929. The number of thioether (sulfide) groups is 1. The fourth-order valence-corrected chi connectivity index (χ4v) is 4.06. The van der Waals surface area contributed by atoms with Gasteiger partial charge >= 0.3 is 0 Å². The predicted octanol–water partition coefficient (Wildman–Crippen LogP) is 3.99. The zero-order chi connectivity index (χ0) is 14.9. The van der Waals surface area contributed by atoms with E-state index in [4.69, 9.17) is 4.42 Å². The maximum absolute atomic E-state index is 5.28. The zero-order valence-corrected chi connectivity index (χ0v) is 13.5. The van der Waals surface area contributed by atoms with Gasteiger partial charge in [-0.2, -0.15) is 11.8 Å². The number of benzene rings is 1. The summed E-state index contributed by atoms with van der Waals surface area (Å²) in [6.45, 7) is 6.81. The van der Waals surface area contributed by atoms with Crippen LogP contribution >= 0.6 is 11.8 Å². The van der Waals surface area contributed by atoms with E-state index in [0.717, 1.165) is 17.0 Å². The van der Waals surface area contributed by atoms with Crippen molar-refractivity contribution in [2.45, 2.75) is 33.2 Å². The highest BCUT2D eigenvalue weighted by Gasteiger charge is 2.28. The Kier molecular flexibility index (Phi) is 3.93. The van der Waals surface area contributed by atoms with E-state index in [-0.39, 0.29) is 0 Å². The summed E-state index contributed by atoms with van der Waals surface area (Å²) in [5.74, 6) is 2.97. The summed E-state index contributed by atoms with van der Waals surface area (Å²) in [6, 6.07) is 6.74. The van der Waals surface area contributed by atoms with Gasteiger partial charge in [-0.25, -0.2) is 0 Å². The Morgan fingerprint density at radius 1 is 1.38 bits per heavy atom. The fourth-order valence-electron chi connectivity index (χ4n) is 2.78. The van der Waals surface area contributed by atoms with E-state index in [0.29, 0.717) is 17.3 Å². The molecule has 1 aliphatic heterocycles. The lowest BCUT2D eigenvalue weighted by Crippen LogP contribution is -2.35. The summed E-state index contributed by atoms with van der Waals surface area (Å²) in [6.07, 6.45) is 2.56. The molecule has 0 spiro atoms. The molecular weight excluding hydrogens is 282 g/mol. The van der Waals surface area contributed by atoms with Crippen molar-refractivity contribution in [3.8, 4) is 11.5 Å². The first-order valence-corrected chi connectivity index (χ1v) is 8.40. The molecule has 0 amide bonds. The van der Waals surface area contributed by atoms with Crippen LogP contribution in [-0.2, 0) is 0 Å². The predicted molar refractivity (Wildman–Crippen MR) is 87.6 cm³/mol. The molecule has 4 nitrogen and oxygen atoms in total. The number of hydrogen-bond donors (Lipinski definition) is 1. The Bertz CT molecular complexity index is 610. The Morgan fingerprint density at radius 2 is 2.24 bits per heavy atom. The summed E-state index contributed by atoms with van der Waals surface area (Å²) in [5.41, 5.74) is 3.77. The molecular formula is C16H21N3OS. The second-order valence-electron chi connectivity index (χ2n) is 6.50. The summed E-state index contributed by atoms with van der Waals surface area (Å²) >= 11 is 2.03. The van der Waals surface area contributed by atoms with Crippen LogP contribution in [0.15, 0.2) is 29.0 Å². The number of anilines is 1. The number of rotatable bonds is 3. The molecule has 1 saturated heterocycles. The van der Waals surface area contributed by atoms with E-state index in [1.165, 1.54) is 24.1 Å². The van der Waals surface area contributed by atoms with Gasteiger partial charge in [0.1, 0.15) is 0 Å². The van der Waals surface area contributed by atoms with Gasteiger partial charge in [0.15, 0.2) is 0 Å². The minimum absolute atomic E-state index is 0.401. The average molecular weight is 303 g/mol. The summed E-state index contributed by atoms with van der Waals surface area (Å²) < 4.78 is 5.28. The Labute approximate surface area is 129 Å². The second kappa shape index (κ2) is 5.72. The van der Waals surface area contributed by atoms with Crippen molar-refractivity contribution in [3.63, 3.8) is 0 Å². The molecule has 3 rings (SSSR count). The first-order valence-electron chi connectivity index (χ1n) is 7.25.